The van der Waals surface area contributed by atoms with Crippen molar-refractivity contribution in [1.82, 2.24) is 14.1 Å². The summed E-state index contributed by atoms with van der Waals surface area (Å²) in [4.78, 5) is 57.8. The molecule has 1 fully saturated rings. The largest absolute Gasteiger partial charge is 0.332 e. The number of aromatic nitrogens is 3. The topological polar surface area (TPSA) is 91.0 Å². The number of carbonyl (C=O) groups is 2. The van der Waals surface area contributed by atoms with Gasteiger partial charge in [0.15, 0.2) is 11.6 Å². The lowest BCUT2D eigenvalue weighted by Crippen LogP contribution is -2.42. The third-order valence-electron chi connectivity index (χ3n) is 6.92. The SMILES string of the molecule is CCCn1c(=O)c2c3c(cnc2n(CCC)c1=O)C(=O)C1=C(C3=O)C2CCC1CC2. The first-order chi connectivity index (χ1) is 14.5. The average Bonchev–Trinajstić information content (AvgIpc) is 2.77. The highest BCUT2D eigenvalue weighted by molar-refractivity contribution is 6.30. The Morgan fingerprint density at radius 2 is 1.43 bits per heavy atom. The third kappa shape index (κ3) is 2.41. The summed E-state index contributed by atoms with van der Waals surface area (Å²) in [5, 5.41) is 0.125. The number of allylic oxidation sites excluding steroid dienone is 2. The smallest absolute Gasteiger partial charge is 0.289 e. The molecule has 0 saturated heterocycles. The van der Waals surface area contributed by atoms with Crippen LogP contribution >= 0.6 is 0 Å². The van der Waals surface area contributed by atoms with Gasteiger partial charge in [0.05, 0.1) is 16.5 Å². The Labute approximate surface area is 173 Å². The fraction of sp³-hybridized carbons (Fsp3) is 0.522. The van der Waals surface area contributed by atoms with Gasteiger partial charge in [-0.25, -0.2) is 9.78 Å². The molecule has 0 aromatic carbocycles. The number of pyridine rings is 1. The van der Waals surface area contributed by atoms with Gasteiger partial charge in [-0.05, 0) is 50.4 Å². The summed E-state index contributed by atoms with van der Waals surface area (Å²) in [5.74, 6) is -0.130. The second-order valence-corrected chi connectivity index (χ2v) is 8.67. The lowest BCUT2D eigenvalue weighted by molar-refractivity contribution is 0.0922. The quantitative estimate of drug-likeness (QED) is 0.777. The Morgan fingerprint density at radius 3 is 2.03 bits per heavy atom. The Morgan fingerprint density at radius 1 is 0.867 bits per heavy atom. The number of aryl methyl sites for hydroxylation is 1. The summed E-state index contributed by atoms with van der Waals surface area (Å²) in [6.45, 7) is 4.49. The van der Waals surface area contributed by atoms with E-state index in [2.05, 4.69) is 4.98 Å². The molecular weight excluding hydrogens is 382 g/mol. The predicted octanol–water partition coefficient (Wildman–Crippen LogP) is 2.87. The summed E-state index contributed by atoms with van der Waals surface area (Å²) in [7, 11) is 0. The molecule has 2 aromatic heterocycles. The van der Waals surface area contributed by atoms with Crippen LogP contribution in [0.4, 0.5) is 0 Å². The molecule has 0 aliphatic heterocycles. The normalized spacial score (nSPS) is 22.6. The van der Waals surface area contributed by atoms with E-state index in [9.17, 15) is 19.2 Å². The number of hydrogen-bond acceptors (Lipinski definition) is 5. The van der Waals surface area contributed by atoms with Crippen LogP contribution in [0.5, 0.6) is 0 Å². The molecule has 0 atom stereocenters. The third-order valence-corrected chi connectivity index (χ3v) is 6.92. The predicted molar refractivity (Wildman–Crippen MR) is 112 cm³/mol. The lowest BCUT2D eigenvalue weighted by Gasteiger charge is -2.41. The first kappa shape index (κ1) is 19.2. The van der Waals surface area contributed by atoms with Crippen LogP contribution in [0.2, 0.25) is 0 Å². The van der Waals surface area contributed by atoms with Crippen LogP contribution in [-0.4, -0.2) is 25.7 Å². The zero-order chi connectivity index (χ0) is 21.2. The molecule has 0 spiro atoms. The number of fused-ring (bicyclic) bond motifs is 5. The van der Waals surface area contributed by atoms with Gasteiger partial charge >= 0.3 is 5.69 Å². The van der Waals surface area contributed by atoms with Gasteiger partial charge in [-0.3, -0.25) is 23.5 Å². The van der Waals surface area contributed by atoms with E-state index < -0.39 is 11.2 Å². The van der Waals surface area contributed by atoms with Crippen LogP contribution in [0.3, 0.4) is 0 Å². The Hall–Kier alpha value is -2.83. The molecule has 4 aliphatic carbocycles. The molecule has 2 aromatic rings. The minimum Gasteiger partial charge on any atom is -0.289 e. The maximum atomic E-state index is 13.7. The number of rotatable bonds is 4. The van der Waals surface area contributed by atoms with E-state index in [0.29, 0.717) is 30.5 Å². The number of Topliss-reactive ketones (excluding diaryl/α,β-unsaturated/α-hetero) is 2. The minimum atomic E-state index is -0.514. The zero-order valence-electron chi connectivity index (χ0n) is 17.4. The maximum absolute atomic E-state index is 13.7. The highest BCUT2D eigenvalue weighted by Crippen LogP contribution is 2.49. The van der Waals surface area contributed by atoms with Crippen LogP contribution in [0, 0.1) is 11.8 Å². The van der Waals surface area contributed by atoms with Gasteiger partial charge < -0.3 is 0 Å². The zero-order valence-corrected chi connectivity index (χ0v) is 17.4. The van der Waals surface area contributed by atoms with Crippen LogP contribution in [0.1, 0.15) is 73.1 Å². The van der Waals surface area contributed by atoms with Crippen molar-refractivity contribution >= 4 is 22.6 Å². The molecule has 1 saturated carbocycles. The van der Waals surface area contributed by atoms with E-state index in [4.69, 9.17) is 0 Å². The molecule has 30 heavy (non-hydrogen) atoms. The first-order valence-electron chi connectivity index (χ1n) is 11.0. The van der Waals surface area contributed by atoms with E-state index >= 15 is 0 Å². The average molecular weight is 407 g/mol. The van der Waals surface area contributed by atoms with Gasteiger partial charge in [0.1, 0.15) is 5.65 Å². The molecule has 156 valence electrons. The number of nitrogens with zero attached hydrogens (tertiary/aromatic N) is 3. The van der Waals surface area contributed by atoms with E-state index in [0.717, 1.165) is 25.7 Å². The maximum Gasteiger partial charge on any atom is 0.332 e. The minimum absolute atomic E-state index is 0.0947. The Bertz CT molecular complexity index is 1260. The number of hydrogen-bond donors (Lipinski definition) is 0. The Kier molecular flexibility index (Phi) is 4.38. The summed E-state index contributed by atoms with van der Waals surface area (Å²) in [6.07, 6.45) is 6.42. The summed E-state index contributed by atoms with van der Waals surface area (Å²) < 4.78 is 2.66. The lowest BCUT2D eigenvalue weighted by atomic mass is 9.61. The second-order valence-electron chi connectivity index (χ2n) is 8.67. The van der Waals surface area contributed by atoms with Gasteiger partial charge in [0, 0.05) is 30.4 Å². The van der Waals surface area contributed by atoms with Gasteiger partial charge in [-0.1, -0.05) is 13.8 Å². The van der Waals surface area contributed by atoms with E-state index in [-0.39, 0.29) is 52.1 Å². The molecule has 7 nitrogen and oxygen atoms in total. The van der Waals surface area contributed by atoms with E-state index in [1.807, 2.05) is 13.8 Å². The fourth-order valence-corrected chi connectivity index (χ4v) is 5.63. The van der Waals surface area contributed by atoms with E-state index in [1.165, 1.54) is 15.3 Å². The summed E-state index contributed by atoms with van der Waals surface area (Å²) in [6, 6.07) is 0. The van der Waals surface area contributed by atoms with Crippen LogP contribution in [-0.2, 0) is 13.1 Å². The van der Waals surface area contributed by atoms with Crippen LogP contribution < -0.4 is 11.2 Å². The second kappa shape index (κ2) is 6.86. The molecule has 0 radical (unpaired) electrons. The van der Waals surface area contributed by atoms with Crippen molar-refractivity contribution in [3.8, 4) is 0 Å². The highest BCUT2D eigenvalue weighted by Gasteiger charge is 2.46. The summed E-state index contributed by atoms with van der Waals surface area (Å²) in [5.41, 5.74) is 0.958. The van der Waals surface area contributed by atoms with Crippen molar-refractivity contribution < 1.29 is 9.59 Å². The molecular formula is C23H25N3O4. The first-order valence-corrected chi connectivity index (χ1v) is 11.0. The van der Waals surface area contributed by atoms with Crippen molar-refractivity contribution in [2.45, 2.75) is 65.5 Å². The van der Waals surface area contributed by atoms with Gasteiger partial charge in [0.2, 0.25) is 0 Å². The van der Waals surface area contributed by atoms with Crippen molar-refractivity contribution in [3.05, 3.63) is 49.3 Å². The Balaban J connectivity index is 1.87. The molecule has 0 unspecified atom stereocenters. The van der Waals surface area contributed by atoms with Crippen LogP contribution in [0.15, 0.2) is 26.9 Å². The van der Waals surface area contributed by atoms with Gasteiger partial charge in [0.25, 0.3) is 5.56 Å². The van der Waals surface area contributed by atoms with Crippen molar-refractivity contribution in [2.24, 2.45) is 11.8 Å². The van der Waals surface area contributed by atoms with Crippen molar-refractivity contribution in [2.75, 3.05) is 0 Å². The van der Waals surface area contributed by atoms with Gasteiger partial charge in [-0.15, -0.1) is 0 Å². The summed E-state index contributed by atoms with van der Waals surface area (Å²) >= 11 is 0. The molecule has 7 heteroatoms. The van der Waals surface area contributed by atoms with Crippen molar-refractivity contribution in [3.63, 3.8) is 0 Å². The fourth-order valence-electron chi connectivity index (χ4n) is 5.63. The molecule has 0 amide bonds. The molecule has 2 bridgehead atoms. The molecule has 4 aliphatic rings. The monoisotopic (exact) mass is 407 g/mol. The van der Waals surface area contributed by atoms with E-state index in [1.54, 1.807) is 0 Å². The molecule has 2 heterocycles. The molecule has 0 N–H and O–H groups in total. The highest BCUT2D eigenvalue weighted by atomic mass is 16.2. The van der Waals surface area contributed by atoms with Crippen LogP contribution in [0.25, 0.3) is 11.0 Å². The standard InChI is InChI=1S/C23H25N3O4/c1-3-9-25-21-18(22(29)26(10-4-2)23(25)30)17-14(11-24-21)19(27)15-12-5-7-13(8-6-12)16(15)20(17)28/h11-13H,3-10H2,1-2H3. The van der Waals surface area contributed by atoms with Crippen molar-refractivity contribution in [1.29, 1.82) is 0 Å². The van der Waals surface area contributed by atoms with Gasteiger partial charge in [-0.2, -0.15) is 0 Å². The number of ketones is 2. The number of carbonyl (C=O) groups excluding carboxylic acids is 2. The molecule has 6 rings (SSSR count).